The van der Waals surface area contributed by atoms with Crippen molar-refractivity contribution in [2.75, 3.05) is 18.0 Å². The number of hydrogen-bond acceptors (Lipinski definition) is 5. The Bertz CT molecular complexity index is 1110. The summed E-state index contributed by atoms with van der Waals surface area (Å²) in [6, 6.07) is 5.81. The number of benzene rings is 1. The fourth-order valence-electron chi connectivity index (χ4n) is 4.00. The summed E-state index contributed by atoms with van der Waals surface area (Å²) in [5.41, 5.74) is 2.51. The van der Waals surface area contributed by atoms with Gasteiger partial charge >= 0.3 is 6.09 Å². The maximum atomic E-state index is 12.4. The maximum absolute atomic E-state index is 12.4. The van der Waals surface area contributed by atoms with Crippen molar-refractivity contribution in [2.45, 2.75) is 97.2 Å². The molecule has 1 aliphatic rings. The lowest BCUT2D eigenvalue weighted by molar-refractivity contribution is 0.0448. The van der Waals surface area contributed by atoms with Gasteiger partial charge in [-0.15, -0.1) is 0 Å². The number of halogens is 2. The average molecular weight is 570 g/mol. The van der Waals surface area contributed by atoms with Crippen molar-refractivity contribution >= 4 is 43.3 Å². The quantitative estimate of drug-likeness (QED) is 0.347. The van der Waals surface area contributed by atoms with Crippen molar-refractivity contribution in [1.29, 1.82) is 0 Å². The van der Waals surface area contributed by atoms with E-state index in [1.807, 2.05) is 39.0 Å². The third-order valence-corrected chi connectivity index (χ3v) is 12.6. The minimum Gasteiger partial charge on any atom is -0.444 e. The minimum absolute atomic E-state index is 0.125. The molecule has 0 unspecified atom stereocenters. The molecule has 1 saturated heterocycles. The fraction of sp³-hybridized carbons (Fsp3) is 0.630. The Hall–Kier alpha value is -1.74. The minimum atomic E-state index is -1.90. The number of carbonyl (C=O) groups excluding carboxylic acids is 1. The molecule has 0 saturated carbocycles. The number of ether oxygens (including phenoxy) is 1. The van der Waals surface area contributed by atoms with Crippen LogP contribution in [0, 0.1) is 0 Å². The van der Waals surface area contributed by atoms with Gasteiger partial charge in [0.05, 0.1) is 28.0 Å². The van der Waals surface area contributed by atoms with Gasteiger partial charge in [-0.25, -0.2) is 4.79 Å². The van der Waals surface area contributed by atoms with Crippen LogP contribution in [-0.4, -0.2) is 48.8 Å². The van der Waals surface area contributed by atoms with Gasteiger partial charge in [0.1, 0.15) is 5.60 Å². The first kappa shape index (κ1) is 29.8. The van der Waals surface area contributed by atoms with Crippen LogP contribution >= 0.6 is 23.2 Å². The van der Waals surface area contributed by atoms with Crippen molar-refractivity contribution in [2.24, 2.45) is 0 Å². The molecule has 2 heterocycles. The third kappa shape index (κ3) is 7.43. The molecule has 1 aromatic heterocycles. The van der Waals surface area contributed by atoms with Crippen LogP contribution in [0.25, 0.3) is 11.3 Å². The second-order valence-corrected chi connectivity index (χ2v) is 18.4. The summed E-state index contributed by atoms with van der Waals surface area (Å²) in [6.07, 6.45) is 1.14. The zero-order valence-electron chi connectivity index (χ0n) is 23.6. The number of anilines is 1. The van der Waals surface area contributed by atoms with Crippen LogP contribution in [-0.2, 0) is 15.8 Å². The van der Waals surface area contributed by atoms with Gasteiger partial charge in [0.2, 0.25) is 0 Å². The topological polar surface area (TPSA) is 79.5 Å². The van der Waals surface area contributed by atoms with Crippen LogP contribution < -0.4 is 10.2 Å². The van der Waals surface area contributed by atoms with E-state index < -0.39 is 13.9 Å². The first-order valence-electron chi connectivity index (χ1n) is 12.8. The molecule has 37 heavy (non-hydrogen) atoms. The monoisotopic (exact) mass is 568 g/mol. The Morgan fingerprint density at radius 3 is 2.35 bits per heavy atom. The van der Waals surface area contributed by atoms with Gasteiger partial charge in [-0.1, -0.05) is 44.0 Å². The normalized spacial score (nSPS) is 16.6. The lowest BCUT2D eigenvalue weighted by Crippen LogP contribution is -2.54. The molecule has 2 aromatic rings. The molecule has 3 rings (SSSR count). The predicted molar refractivity (Wildman–Crippen MR) is 155 cm³/mol. The molecule has 0 spiro atoms. The molecule has 1 fully saturated rings. The van der Waals surface area contributed by atoms with Gasteiger partial charge < -0.3 is 19.4 Å². The first-order chi connectivity index (χ1) is 16.9. The van der Waals surface area contributed by atoms with Gasteiger partial charge in [-0.05, 0) is 76.9 Å². The van der Waals surface area contributed by atoms with Crippen LogP contribution in [0.1, 0.15) is 67.0 Å². The Morgan fingerprint density at radius 2 is 1.78 bits per heavy atom. The molecule has 1 aliphatic heterocycles. The number of nitrogens with zero attached hydrogens (tertiary/aromatic N) is 2. The molecule has 0 radical (unpaired) electrons. The molecule has 0 aliphatic carbocycles. The average Bonchev–Trinajstić information content (AvgIpc) is 3.21. The van der Waals surface area contributed by atoms with Crippen molar-refractivity contribution in [3.05, 3.63) is 33.9 Å². The highest BCUT2D eigenvalue weighted by molar-refractivity contribution is 6.74. The highest BCUT2D eigenvalue weighted by atomic mass is 35.5. The zero-order valence-corrected chi connectivity index (χ0v) is 26.2. The van der Waals surface area contributed by atoms with E-state index in [1.165, 1.54) is 0 Å². The van der Waals surface area contributed by atoms with E-state index in [1.54, 1.807) is 0 Å². The van der Waals surface area contributed by atoms with E-state index in [9.17, 15) is 4.79 Å². The number of alkyl carbamates (subject to hydrolysis) is 1. The molecule has 0 atom stereocenters. The summed E-state index contributed by atoms with van der Waals surface area (Å²) in [7, 11) is -1.90. The molecule has 206 valence electrons. The number of H-pyrrole nitrogens is 1. The smallest absolute Gasteiger partial charge is 0.408 e. The van der Waals surface area contributed by atoms with Crippen molar-refractivity contribution in [1.82, 2.24) is 15.5 Å². The summed E-state index contributed by atoms with van der Waals surface area (Å²) in [4.78, 5) is 14.7. The van der Waals surface area contributed by atoms with Crippen molar-refractivity contribution in [3.63, 3.8) is 0 Å². The number of aromatic nitrogens is 2. The van der Waals surface area contributed by atoms with Crippen molar-refractivity contribution in [3.8, 4) is 11.3 Å². The summed E-state index contributed by atoms with van der Waals surface area (Å²) in [5, 5.41) is 11.8. The van der Waals surface area contributed by atoms with Gasteiger partial charge in [-0.2, -0.15) is 5.10 Å². The van der Waals surface area contributed by atoms with Crippen LogP contribution in [0.2, 0.25) is 28.2 Å². The van der Waals surface area contributed by atoms with Crippen molar-refractivity contribution < 1.29 is 14.0 Å². The summed E-state index contributed by atoms with van der Waals surface area (Å²) < 4.78 is 11.8. The van der Waals surface area contributed by atoms with E-state index in [0.29, 0.717) is 16.7 Å². The largest absolute Gasteiger partial charge is 0.444 e. The highest BCUT2D eigenvalue weighted by Gasteiger charge is 2.37. The number of aromatic amines is 1. The number of nitrogens with one attached hydrogen (secondary N) is 2. The highest BCUT2D eigenvalue weighted by Crippen LogP contribution is 2.42. The maximum Gasteiger partial charge on any atom is 0.408 e. The second-order valence-electron chi connectivity index (χ2n) is 12.8. The van der Waals surface area contributed by atoms with E-state index in [0.717, 1.165) is 48.6 Å². The SMILES string of the molecule is CC1(NC(=O)OC(C)(C)C)CCN(c2ccc(Cl)c(Cl)c2-c2cc(CO[Si](C)(C)C(C)(C)C)[nH]n2)CC1. The lowest BCUT2D eigenvalue weighted by atomic mass is 9.89. The molecule has 1 amide bonds. The summed E-state index contributed by atoms with van der Waals surface area (Å²) >= 11 is 13.2. The fourth-order valence-corrected chi connectivity index (χ4v) is 5.37. The van der Waals surface area contributed by atoms with E-state index >= 15 is 0 Å². The molecular weight excluding hydrogens is 527 g/mol. The standard InChI is InChI=1S/C27H42Cl2N4O3Si/c1-25(2,3)36-24(34)30-27(7)12-14-33(15-13-27)21-11-10-19(28)23(29)22(21)20-16-18(31-32-20)17-35-37(8,9)26(4,5)6/h10-11,16H,12-15,17H2,1-9H3,(H,30,34)(H,31,32). The van der Waals surface area contributed by atoms with Gasteiger partial charge in [0.25, 0.3) is 0 Å². The predicted octanol–water partition coefficient (Wildman–Crippen LogP) is 7.79. The Labute approximate surface area is 232 Å². The number of rotatable bonds is 6. The Morgan fingerprint density at radius 1 is 1.16 bits per heavy atom. The number of piperidine rings is 1. The third-order valence-electron chi connectivity index (χ3n) is 7.37. The number of amides is 1. The number of hydrogen-bond donors (Lipinski definition) is 2. The summed E-state index contributed by atoms with van der Waals surface area (Å²) in [5.74, 6) is 0. The second kappa shape index (κ2) is 10.8. The van der Waals surface area contributed by atoms with E-state index in [4.69, 9.17) is 32.4 Å². The molecule has 0 bridgehead atoms. The first-order valence-corrected chi connectivity index (χ1v) is 16.5. The van der Waals surface area contributed by atoms with E-state index in [2.05, 4.69) is 61.2 Å². The molecule has 1 aromatic carbocycles. The van der Waals surface area contributed by atoms with Crippen LogP contribution in [0.3, 0.4) is 0 Å². The summed E-state index contributed by atoms with van der Waals surface area (Å²) in [6.45, 7) is 20.7. The van der Waals surface area contributed by atoms with Crippen LogP contribution in [0.5, 0.6) is 0 Å². The van der Waals surface area contributed by atoms with Crippen LogP contribution in [0.4, 0.5) is 10.5 Å². The van der Waals surface area contributed by atoms with Crippen LogP contribution in [0.15, 0.2) is 18.2 Å². The Kier molecular flexibility index (Phi) is 8.69. The molecular formula is C27H42Cl2N4O3Si. The van der Waals surface area contributed by atoms with Gasteiger partial charge in [-0.3, -0.25) is 5.10 Å². The Balaban J connectivity index is 1.77. The molecule has 2 N–H and O–H groups in total. The van der Waals surface area contributed by atoms with Gasteiger partial charge in [0, 0.05) is 29.9 Å². The van der Waals surface area contributed by atoms with Gasteiger partial charge in [0.15, 0.2) is 8.32 Å². The zero-order chi connectivity index (χ0) is 27.8. The molecule has 10 heteroatoms. The van der Waals surface area contributed by atoms with E-state index in [-0.39, 0.29) is 16.7 Å². The molecule has 7 nitrogen and oxygen atoms in total. The lowest BCUT2D eigenvalue weighted by Gasteiger charge is -2.41. The number of carbonyl (C=O) groups is 1.